The normalized spacial score (nSPS) is 11.7. The van der Waals surface area contributed by atoms with Gasteiger partial charge < -0.3 is 15.4 Å². The van der Waals surface area contributed by atoms with Crippen LogP contribution in [-0.2, 0) is 4.79 Å². The summed E-state index contributed by atoms with van der Waals surface area (Å²) in [5, 5.41) is 6.44. The van der Waals surface area contributed by atoms with Gasteiger partial charge in [-0.1, -0.05) is 35.1 Å². The van der Waals surface area contributed by atoms with Crippen LogP contribution in [0.4, 0.5) is 10.8 Å². The fraction of sp³-hybridized carbons (Fsp3) is 0.160. The molecule has 0 spiro atoms. The van der Waals surface area contributed by atoms with Crippen LogP contribution in [-0.4, -0.2) is 28.7 Å². The van der Waals surface area contributed by atoms with Gasteiger partial charge in [0.25, 0.3) is 5.91 Å². The van der Waals surface area contributed by atoms with E-state index in [1.165, 1.54) is 23.1 Å². The predicted molar refractivity (Wildman–Crippen MR) is 141 cm³/mol. The van der Waals surface area contributed by atoms with Gasteiger partial charge in [0.1, 0.15) is 5.75 Å². The van der Waals surface area contributed by atoms with Gasteiger partial charge in [-0.25, -0.2) is 4.98 Å². The Labute approximate surface area is 210 Å². The molecule has 174 valence electrons. The number of ether oxygens (including phenoxy) is 1. The number of carbonyl (C=O) groups excluding carboxylic acids is 2. The number of anilines is 2. The van der Waals surface area contributed by atoms with Gasteiger partial charge in [0, 0.05) is 21.2 Å². The lowest BCUT2D eigenvalue weighted by atomic mass is 10.2. The third kappa shape index (κ3) is 6.08. The van der Waals surface area contributed by atoms with Crippen molar-refractivity contribution in [3.05, 3.63) is 77.3 Å². The number of fused-ring (bicyclic) bond motifs is 1. The first kappa shape index (κ1) is 24.1. The molecule has 0 saturated heterocycles. The molecule has 0 saturated carbocycles. The van der Waals surface area contributed by atoms with Crippen LogP contribution in [0.3, 0.4) is 0 Å². The number of thiazole rings is 1. The second-order valence-electron chi connectivity index (χ2n) is 7.32. The van der Waals surface area contributed by atoms with Crippen LogP contribution in [0, 0.1) is 0 Å². The number of thioether (sulfide) groups is 1. The summed E-state index contributed by atoms with van der Waals surface area (Å²) in [5.41, 5.74) is 1.92. The van der Waals surface area contributed by atoms with Crippen LogP contribution in [0.25, 0.3) is 10.2 Å². The fourth-order valence-corrected chi connectivity index (χ4v) is 5.17. The van der Waals surface area contributed by atoms with Gasteiger partial charge in [-0.2, -0.15) is 0 Å². The molecule has 0 aliphatic carbocycles. The Morgan fingerprint density at radius 2 is 1.91 bits per heavy atom. The monoisotopic (exact) mass is 511 g/mol. The quantitative estimate of drug-likeness (QED) is 0.257. The van der Waals surface area contributed by atoms with Gasteiger partial charge >= 0.3 is 0 Å². The first-order valence-electron chi connectivity index (χ1n) is 10.6. The first-order valence-corrected chi connectivity index (χ1v) is 12.7. The average molecular weight is 512 g/mol. The molecule has 1 unspecified atom stereocenters. The maximum atomic E-state index is 12.8. The van der Waals surface area contributed by atoms with Gasteiger partial charge in [0.2, 0.25) is 5.91 Å². The largest absolute Gasteiger partial charge is 0.494 e. The van der Waals surface area contributed by atoms with Crippen molar-refractivity contribution in [3.63, 3.8) is 0 Å². The fourth-order valence-electron chi connectivity index (χ4n) is 3.16. The molecular weight excluding hydrogens is 490 g/mol. The number of benzene rings is 3. The minimum Gasteiger partial charge on any atom is -0.494 e. The number of nitrogens with one attached hydrogen (secondary N) is 2. The van der Waals surface area contributed by atoms with E-state index in [1.54, 1.807) is 30.3 Å². The van der Waals surface area contributed by atoms with Crippen molar-refractivity contribution < 1.29 is 14.3 Å². The number of carbonyl (C=O) groups is 2. The number of amides is 2. The molecular formula is C25H22ClN3O3S2. The van der Waals surface area contributed by atoms with Crippen molar-refractivity contribution >= 4 is 67.5 Å². The maximum Gasteiger partial charge on any atom is 0.255 e. The Bertz CT molecular complexity index is 1340. The minimum atomic E-state index is -0.370. The number of rotatable bonds is 8. The summed E-state index contributed by atoms with van der Waals surface area (Å²) in [4.78, 5) is 30.6. The molecule has 4 aromatic rings. The van der Waals surface area contributed by atoms with Gasteiger partial charge in [0.15, 0.2) is 5.13 Å². The van der Waals surface area contributed by atoms with E-state index in [0.29, 0.717) is 28.0 Å². The molecule has 1 heterocycles. The van der Waals surface area contributed by atoms with E-state index >= 15 is 0 Å². The highest BCUT2D eigenvalue weighted by atomic mass is 35.5. The zero-order valence-corrected chi connectivity index (χ0v) is 20.9. The third-order valence-corrected chi connectivity index (χ3v) is 7.02. The molecule has 6 nitrogen and oxygen atoms in total. The molecule has 1 aromatic heterocycles. The predicted octanol–water partition coefficient (Wildman–Crippen LogP) is 6.72. The third-order valence-electron chi connectivity index (χ3n) is 4.76. The molecule has 0 fully saturated rings. The molecule has 0 radical (unpaired) electrons. The summed E-state index contributed by atoms with van der Waals surface area (Å²) in [7, 11) is 0. The van der Waals surface area contributed by atoms with Gasteiger partial charge in [-0.3, -0.25) is 9.59 Å². The van der Waals surface area contributed by atoms with Gasteiger partial charge in [-0.15, -0.1) is 11.8 Å². The van der Waals surface area contributed by atoms with Gasteiger partial charge in [0.05, 0.1) is 22.1 Å². The molecule has 4 rings (SSSR count). The molecule has 9 heteroatoms. The smallest absolute Gasteiger partial charge is 0.255 e. The van der Waals surface area contributed by atoms with E-state index in [-0.39, 0.29) is 17.1 Å². The van der Waals surface area contributed by atoms with Crippen molar-refractivity contribution in [2.24, 2.45) is 0 Å². The zero-order valence-electron chi connectivity index (χ0n) is 18.5. The highest BCUT2D eigenvalue weighted by molar-refractivity contribution is 8.00. The Hall–Kier alpha value is -3.07. The van der Waals surface area contributed by atoms with Crippen molar-refractivity contribution in [1.29, 1.82) is 0 Å². The molecule has 0 aliphatic heterocycles. The van der Waals surface area contributed by atoms with Crippen molar-refractivity contribution in [2.75, 3.05) is 17.2 Å². The van der Waals surface area contributed by atoms with E-state index in [1.807, 2.05) is 50.2 Å². The summed E-state index contributed by atoms with van der Waals surface area (Å²) in [6.45, 7) is 4.36. The Morgan fingerprint density at radius 3 is 2.71 bits per heavy atom. The molecule has 0 bridgehead atoms. The Balaban J connectivity index is 1.38. The zero-order chi connectivity index (χ0) is 24.1. The van der Waals surface area contributed by atoms with Crippen LogP contribution in [0.1, 0.15) is 24.2 Å². The van der Waals surface area contributed by atoms with Crippen LogP contribution in [0.5, 0.6) is 5.75 Å². The molecule has 1 atom stereocenters. The second-order valence-corrected chi connectivity index (χ2v) is 10.2. The summed E-state index contributed by atoms with van der Waals surface area (Å²) in [6.07, 6.45) is 0. The lowest BCUT2D eigenvalue weighted by Gasteiger charge is -2.12. The van der Waals surface area contributed by atoms with Crippen LogP contribution in [0.2, 0.25) is 5.02 Å². The summed E-state index contributed by atoms with van der Waals surface area (Å²) < 4.78 is 6.48. The van der Waals surface area contributed by atoms with E-state index in [9.17, 15) is 9.59 Å². The Morgan fingerprint density at radius 1 is 1.09 bits per heavy atom. The van der Waals surface area contributed by atoms with Crippen LogP contribution < -0.4 is 15.4 Å². The first-order chi connectivity index (χ1) is 16.4. The number of halogens is 1. The van der Waals surface area contributed by atoms with Crippen LogP contribution in [0.15, 0.2) is 71.6 Å². The summed E-state index contributed by atoms with van der Waals surface area (Å²) in [6, 6.07) is 19.8. The number of aromatic nitrogens is 1. The van der Waals surface area contributed by atoms with E-state index in [4.69, 9.17) is 16.3 Å². The summed E-state index contributed by atoms with van der Waals surface area (Å²) in [5.74, 6) is 0.379. The summed E-state index contributed by atoms with van der Waals surface area (Å²) >= 11 is 8.78. The topological polar surface area (TPSA) is 80.3 Å². The molecule has 3 aromatic carbocycles. The molecule has 0 aliphatic rings. The molecule has 2 amide bonds. The lowest BCUT2D eigenvalue weighted by molar-refractivity contribution is -0.115. The number of hydrogen-bond donors (Lipinski definition) is 2. The lowest BCUT2D eigenvalue weighted by Crippen LogP contribution is -2.22. The van der Waals surface area contributed by atoms with Crippen molar-refractivity contribution in [3.8, 4) is 5.75 Å². The standard InChI is InChI=1S/C25H22ClN3O3S2/c1-3-32-19-10-11-21-22(14-19)34-25(28-21)29-23(30)15(2)33-20-9-5-8-18(13-20)27-24(31)16-6-4-7-17(26)12-16/h4-15H,3H2,1-2H3,(H,27,31)(H,28,29,30). The second kappa shape index (κ2) is 10.9. The van der Waals surface area contributed by atoms with Crippen LogP contribution >= 0.6 is 34.7 Å². The highest BCUT2D eigenvalue weighted by Crippen LogP contribution is 2.31. The van der Waals surface area contributed by atoms with Crippen molar-refractivity contribution in [1.82, 2.24) is 4.98 Å². The number of nitrogens with zero attached hydrogens (tertiary/aromatic N) is 1. The van der Waals surface area contributed by atoms with E-state index in [2.05, 4.69) is 15.6 Å². The van der Waals surface area contributed by atoms with E-state index < -0.39 is 0 Å². The van der Waals surface area contributed by atoms with Crippen molar-refractivity contribution in [2.45, 2.75) is 24.0 Å². The Kier molecular flexibility index (Phi) is 7.72. The van der Waals surface area contributed by atoms with E-state index in [0.717, 1.165) is 20.9 Å². The minimum absolute atomic E-state index is 0.151. The number of hydrogen-bond acceptors (Lipinski definition) is 6. The molecule has 2 N–H and O–H groups in total. The molecule has 34 heavy (non-hydrogen) atoms. The highest BCUT2D eigenvalue weighted by Gasteiger charge is 2.17. The maximum absolute atomic E-state index is 12.8. The average Bonchev–Trinajstić information content (AvgIpc) is 3.21. The van der Waals surface area contributed by atoms with Gasteiger partial charge in [-0.05, 0) is 68.4 Å². The SMILES string of the molecule is CCOc1ccc2nc(NC(=O)C(C)Sc3cccc(NC(=O)c4cccc(Cl)c4)c3)sc2c1.